The summed E-state index contributed by atoms with van der Waals surface area (Å²) in [6.45, 7) is 3.24. The molecule has 5 atom stereocenters. The molecule has 0 aromatic heterocycles. The van der Waals surface area contributed by atoms with Crippen LogP contribution >= 0.6 is 0 Å². The summed E-state index contributed by atoms with van der Waals surface area (Å²) >= 11 is 0. The predicted molar refractivity (Wildman–Crippen MR) is 50.1 cm³/mol. The lowest BCUT2D eigenvalue weighted by Crippen LogP contribution is -2.59. The van der Waals surface area contributed by atoms with Gasteiger partial charge in [-0.2, -0.15) is 0 Å². The van der Waals surface area contributed by atoms with Gasteiger partial charge in [-0.05, 0) is 0 Å². The lowest BCUT2D eigenvalue weighted by Gasteiger charge is -2.36. The largest absolute Gasteiger partial charge is 0.459 e. The van der Waals surface area contributed by atoms with Crippen LogP contribution in [-0.4, -0.2) is 63.7 Å². The van der Waals surface area contributed by atoms with E-state index in [0.29, 0.717) is 0 Å². The van der Waals surface area contributed by atoms with Crippen LogP contribution in [0.4, 0.5) is 0 Å². The van der Waals surface area contributed by atoms with Crippen LogP contribution in [0, 0.1) is 0 Å². The van der Waals surface area contributed by atoms with Gasteiger partial charge in [-0.1, -0.05) is 12.7 Å². The Balaban J connectivity index is 2.66. The predicted octanol–water partition coefficient (Wildman–Crippen LogP) is -2.48. The van der Waals surface area contributed by atoms with Gasteiger partial charge >= 0.3 is 5.97 Å². The third-order valence-electron chi connectivity index (χ3n) is 2.16. The van der Waals surface area contributed by atoms with E-state index in [1.165, 1.54) is 6.08 Å². The van der Waals surface area contributed by atoms with Crippen molar-refractivity contribution >= 4 is 5.97 Å². The topological polar surface area (TPSA) is 116 Å². The van der Waals surface area contributed by atoms with Gasteiger partial charge in [0, 0.05) is 0 Å². The summed E-state index contributed by atoms with van der Waals surface area (Å²) in [5, 5.41) is 37.0. The molecular formula is C9H14O7. The summed E-state index contributed by atoms with van der Waals surface area (Å²) in [6, 6.07) is 0. The maximum Gasteiger partial charge on any atom is 0.338 e. The highest BCUT2D eigenvalue weighted by Crippen LogP contribution is 2.20. The first-order valence-corrected chi connectivity index (χ1v) is 4.64. The Morgan fingerprint density at radius 1 is 1.25 bits per heavy atom. The van der Waals surface area contributed by atoms with Crippen LogP contribution in [0.15, 0.2) is 12.7 Å². The second-order valence-corrected chi connectivity index (χ2v) is 3.34. The molecule has 1 saturated heterocycles. The quantitative estimate of drug-likeness (QED) is 0.315. The minimum Gasteiger partial charge on any atom is -0.459 e. The first kappa shape index (κ1) is 13.1. The van der Waals surface area contributed by atoms with Crippen molar-refractivity contribution in [2.45, 2.75) is 30.7 Å². The molecule has 1 fully saturated rings. The Morgan fingerprint density at radius 3 is 2.44 bits per heavy atom. The normalized spacial score (nSPS) is 39.1. The fourth-order valence-corrected chi connectivity index (χ4v) is 1.28. The number of ether oxygens (including phenoxy) is 2. The Hall–Kier alpha value is -0.990. The minimum atomic E-state index is -1.75. The SMILES string of the molecule is C=CCOC(=O)[C@H]1OC(O)[C@H](O)[C@@H](O)[C@@H]1O. The van der Waals surface area contributed by atoms with E-state index in [1.54, 1.807) is 0 Å². The van der Waals surface area contributed by atoms with E-state index in [9.17, 15) is 15.0 Å². The fraction of sp³-hybridized carbons (Fsp3) is 0.667. The number of carbonyl (C=O) groups excluding carboxylic acids is 1. The van der Waals surface area contributed by atoms with E-state index in [1.807, 2.05) is 0 Å². The van der Waals surface area contributed by atoms with Gasteiger partial charge in [0.05, 0.1) is 0 Å². The molecule has 7 heteroatoms. The highest BCUT2D eigenvalue weighted by atomic mass is 16.7. The van der Waals surface area contributed by atoms with Gasteiger partial charge in [0.15, 0.2) is 12.4 Å². The van der Waals surface area contributed by atoms with E-state index in [-0.39, 0.29) is 6.61 Å². The monoisotopic (exact) mass is 234 g/mol. The molecule has 4 N–H and O–H groups in total. The minimum absolute atomic E-state index is 0.0832. The number of esters is 1. The third-order valence-corrected chi connectivity index (χ3v) is 2.16. The molecule has 0 amide bonds. The summed E-state index contributed by atoms with van der Waals surface area (Å²) in [4.78, 5) is 11.3. The van der Waals surface area contributed by atoms with E-state index in [0.717, 1.165) is 0 Å². The van der Waals surface area contributed by atoms with Crippen molar-refractivity contribution in [1.29, 1.82) is 0 Å². The van der Waals surface area contributed by atoms with Crippen LogP contribution in [0.25, 0.3) is 0 Å². The average molecular weight is 234 g/mol. The summed E-state index contributed by atoms with van der Waals surface area (Å²) in [5.41, 5.74) is 0. The molecule has 1 aliphatic rings. The molecule has 1 aliphatic heterocycles. The molecule has 0 radical (unpaired) electrons. The third kappa shape index (κ3) is 2.57. The Kier molecular flexibility index (Phi) is 4.39. The van der Waals surface area contributed by atoms with Crippen LogP contribution in [0.3, 0.4) is 0 Å². The molecule has 0 spiro atoms. The van der Waals surface area contributed by atoms with Crippen LogP contribution < -0.4 is 0 Å². The highest BCUT2D eigenvalue weighted by Gasteiger charge is 2.46. The number of aliphatic hydroxyl groups excluding tert-OH is 4. The van der Waals surface area contributed by atoms with Crippen LogP contribution in [-0.2, 0) is 14.3 Å². The van der Waals surface area contributed by atoms with Gasteiger partial charge in [-0.15, -0.1) is 0 Å². The first-order valence-electron chi connectivity index (χ1n) is 4.64. The second kappa shape index (κ2) is 5.37. The molecule has 16 heavy (non-hydrogen) atoms. The van der Waals surface area contributed by atoms with Gasteiger partial charge in [0.1, 0.15) is 24.9 Å². The summed E-state index contributed by atoms with van der Waals surface area (Å²) < 4.78 is 9.21. The molecule has 0 saturated carbocycles. The zero-order valence-corrected chi connectivity index (χ0v) is 8.39. The van der Waals surface area contributed by atoms with Crippen molar-refractivity contribution in [3.63, 3.8) is 0 Å². The van der Waals surface area contributed by atoms with E-state index in [4.69, 9.17) is 10.2 Å². The van der Waals surface area contributed by atoms with Crippen molar-refractivity contribution in [2.24, 2.45) is 0 Å². The number of rotatable bonds is 3. The number of hydrogen-bond donors (Lipinski definition) is 4. The molecule has 1 unspecified atom stereocenters. The molecule has 1 heterocycles. The smallest absolute Gasteiger partial charge is 0.338 e. The van der Waals surface area contributed by atoms with Crippen molar-refractivity contribution in [2.75, 3.05) is 6.61 Å². The van der Waals surface area contributed by atoms with Crippen LogP contribution in [0.1, 0.15) is 0 Å². The molecule has 0 aromatic carbocycles. The van der Waals surface area contributed by atoms with Gasteiger partial charge in [0.2, 0.25) is 0 Å². The number of carbonyl (C=O) groups is 1. The van der Waals surface area contributed by atoms with Gasteiger partial charge in [0.25, 0.3) is 0 Å². The van der Waals surface area contributed by atoms with Crippen molar-refractivity contribution < 1.29 is 34.7 Å². The zero-order chi connectivity index (χ0) is 12.3. The van der Waals surface area contributed by atoms with E-state index < -0.39 is 36.7 Å². The first-order chi connectivity index (χ1) is 7.49. The Morgan fingerprint density at radius 2 is 1.88 bits per heavy atom. The van der Waals surface area contributed by atoms with Crippen LogP contribution in [0.2, 0.25) is 0 Å². The maximum absolute atomic E-state index is 11.3. The Labute approximate surface area is 91.5 Å². The highest BCUT2D eigenvalue weighted by molar-refractivity contribution is 5.75. The summed E-state index contributed by atoms with van der Waals surface area (Å²) in [5.74, 6) is -0.947. The average Bonchev–Trinajstić information content (AvgIpc) is 2.28. The van der Waals surface area contributed by atoms with Gasteiger partial charge in [-0.25, -0.2) is 4.79 Å². The molecule has 7 nitrogen and oxygen atoms in total. The van der Waals surface area contributed by atoms with E-state index >= 15 is 0 Å². The lowest BCUT2D eigenvalue weighted by molar-refractivity contribution is -0.280. The standard InChI is InChI=1S/C9H14O7/c1-2-3-15-9(14)7-5(11)4(10)6(12)8(13)16-7/h2,4-8,10-13H,1,3H2/t4-,5-,6+,7-,8?/m0/s1. The van der Waals surface area contributed by atoms with Crippen molar-refractivity contribution in [3.05, 3.63) is 12.7 Å². The van der Waals surface area contributed by atoms with Crippen LogP contribution in [0.5, 0.6) is 0 Å². The molecule has 0 aromatic rings. The van der Waals surface area contributed by atoms with Gasteiger partial charge in [-0.3, -0.25) is 0 Å². The van der Waals surface area contributed by atoms with Crippen molar-refractivity contribution in [3.8, 4) is 0 Å². The van der Waals surface area contributed by atoms with E-state index in [2.05, 4.69) is 16.1 Å². The van der Waals surface area contributed by atoms with Gasteiger partial charge < -0.3 is 29.9 Å². The maximum atomic E-state index is 11.3. The summed E-state index contributed by atoms with van der Waals surface area (Å²) in [6.07, 6.45) is -6.97. The second-order valence-electron chi connectivity index (χ2n) is 3.34. The number of hydrogen-bond acceptors (Lipinski definition) is 7. The summed E-state index contributed by atoms with van der Waals surface area (Å²) in [7, 11) is 0. The molecule has 0 bridgehead atoms. The fourth-order valence-electron chi connectivity index (χ4n) is 1.28. The molecule has 1 rings (SSSR count). The molecule has 0 aliphatic carbocycles. The molecular weight excluding hydrogens is 220 g/mol. The molecule has 92 valence electrons. The zero-order valence-electron chi connectivity index (χ0n) is 8.39. The Bertz CT molecular complexity index is 267. The lowest BCUT2D eigenvalue weighted by atomic mass is 9.99. The van der Waals surface area contributed by atoms with Crippen molar-refractivity contribution in [1.82, 2.24) is 0 Å². The number of aliphatic hydroxyl groups is 4.